The molecule has 0 spiro atoms. The Balaban J connectivity index is 2.03. The Labute approximate surface area is 127 Å². The molecule has 0 saturated carbocycles. The lowest BCUT2D eigenvalue weighted by molar-refractivity contribution is -0.133. The number of hydrogen-bond donors (Lipinski definition) is 2. The molecular formula is C16H13N3O3. The number of hydrogen-bond acceptors (Lipinski definition) is 4. The molecule has 0 atom stereocenters. The van der Waals surface area contributed by atoms with Crippen LogP contribution in [0.4, 0.5) is 11.4 Å². The third-order valence-corrected chi connectivity index (χ3v) is 2.85. The number of nitrogens with zero attached hydrogens (tertiary/aromatic N) is 1. The summed E-state index contributed by atoms with van der Waals surface area (Å²) in [5.41, 5.74) is 1.04. The van der Waals surface area contributed by atoms with Gasteiger partial charge in [0.1, 0.15) is 11.8 Å². The molecule has 6 nitrogen and oxygen atoms in total. The molecule has 0 fully saturated rings. The van der Waals surface area contributed by atoms with Crippen molar-refractivity contribution in [2.75, 3.05) is 17.7 Å². The summed E-state index contributed by atoms with van der Waals surface area (Å²) in [4.78, 5) is 23.7. The topological polar surface area (TPSA) is 91.2 Å². The minimum absolute atomic E-state index is 0.285. The van der Waals surface area contributed by atoms with Gasteiger partial charge in [-0.1, -0.05) is 12.1 Å². The van der Waals surface area contributed by atoms with E-state index in [0.717, 1.165) is 0 Å². The maximum atomic E-state index is 11.9. The number of para-hydroxylation sites is 1. The number of rotatable bonds is 3. The van der Waals surface area contributed by atoms with E-state index in [4.69, 9.17) is 10.00 Å². The molecule has 2 aromatic rings. The van der Waals surface area contributed by atoms with Gasteiger partial charge >= 0.3 is 11.8 Å². The molecule has 6 heteroatoms. The van der Waals surface area contributed by atoms with Crippen LogP contribution in [0.25, 0.3) is 0 Å². The van der Waals surface area contributed by atoms with Crippen LogP contribution >= 0.6 is 0 Å². The van der Waals surface area contributed by atoms with Crippen molar-refractivity contribution in [2.24, 2.45) is 0 Å². The summed E-state index contributed by atoms with van der Waals surface area (Å²) in [7, 11) is 1.54. The van der Waals surface area contributed by atoms with Gasteiger partial charge < -0.3 is 15.4 Å². The van der Waals surface area contributed by atoms with Gasteiger partial charge in [0.15, 0.2) is 0 Å². The third-order valence-electron chi connectivity index (χ3n) is 2.85. The van der Waals surface area contributed by atoms with Crippen molar-refractivity contribution in [1.82, 2.24) is 0 Å². The number of ether oxygens (including phenoxy) is 1. The lowest BCUT2D eigenvalue weighted by Crippen LogP contribution is -2.29. The molecule has 0 aliphatic carbocycles. The number of amides is 2. The second-order valence-corrected chi connectivity index (χ2v) is 4.29. The van der Waals surface area contributed by atoms with Gasteiger partial charge in [0, 0.05) is 5.69 Å². The second-order valence-electron chi connectivity index (χ2n) is 4.29. The molecular weight excluding hydrogens is 282 g/mol. The SMILES string of the molecule is COc1ccc(NC(=O)C(=O)Nc2ccccc2C#N)cc1. The molecule has 110 valence electrons. The van der Waals surface area contributed by atoms with Gasteiger partial charge in [-0.15, -0.1) is 0 Å². The summed E-state index contributed by atoms with van der Waals surface area (Å²) in [6.07, 6.45) is 0. The van der Waals surface area contributed by atoms with E-state index in [1.54, 1.807) is 48.5 Å². The monoisotopic (exact) mass is 295 g/mol. The molecule has 2 aromatic carbocycles. The van der Waals surface area contributed by atoms with Crippen LogP contribution < -0.4 is 15.4 Å². The van der Waals surface area contributed by atoms with E-state index in [0.29, 0.717) is 17.1 Å². The normalized spacial score (nSPS) is 9.45. The quantitative estimate of drug-likeness (QED) is 0.849. The molecule has 22 heavy (non-hydrogen) atoms. The van der Waals surface area contributed by atoms with Gasteiger partial charge in [-0.3, -0.25) is 9.59 Å². The maximum Gasteiger partial charge on any atom is 0.314 e. The molecule has 0 aliphatic heterocycles. The highest BCUT2D eigenvalue weighted by molar-refractivity contribution is 6.43. The molecule has 0 heterocycles. The van der Waals surface area contributed by atoms with Gasteiger partial charge in [-0.25, -0.2) is 0 Å². The summed E-state index contributed by atoms with van der Waals surface area (Å²) >= 11 is 0. The smallest absolute Gasteiger partial charge is 0.314 e. The summed E-state index contributed by atoms with van der Waals surface area (Å²) < 4.78 is 5.00. The van der Waals surface area contributed by atoms with Gasteiger partial charge in [0.05, 0.1) is 18.4 Å². The van der Waals surface area contributed by atoms with Crippen LogP contribution in [0.3, 0.4) is 0 Å². The zero-order chi connectivity index (χ0) is 15.9. The Bertz CT molecular complexity index is 733. The average Bonchev–Trinajstić information content (AvgIpc) is 2.56. The second kappa shape index (κ2) is 6.90. The van der Waals surface area contributed by atoms with E-state index >= 15 is 0 Å². The van der Waals surface area contributed by atoms with Crippen LogP contribution in [0.2, 0.25) is 0 Å². The van der Waals surface area contributed by atoms with Crippen LogP contribution in [0.15, 0.2) is 48.5 Å². The number of nitrogens with one attached hydrogen (secondary N) is 2. The molecule has 2 rings (SSSR count). The predicted molar refractivity (Wildman–Crippen MR) is 81.4 cm³/mol. The van der Waals surface area contributed by atoms with Crippen LogP contribution in [-0.4, -0.2) is 18.9 Å². The zero-order valence-electron chi connectivity index (χ0n) is 11.8. The van der Waals surface area contributed by atoms with Crippen LogP contribution in [-0.2, 0) is 9.59 Å². The van der Waals surface area contributed by atoms with Crippen molar-refractivity contribution in [3.05, 3.63) is 54.1 Å². The largest absolute Gasteiger partial charge is 0.497 e. The van der Waals surface area contributed by atoms with Crippen LogP contribution in [0, 0.1) is 11.3 Å². The van der Waals surface area contributed by atoms with Crippen molar-refractivity contribution >= 4 is 23.2 Å². The number of carbonyl (C=O) groups is 2. The van der Waals surface area contributed by atoms with Gasteiger partial charge in [-0.05, 0) is 36.4 Å². The first-order chi connectivity index (χ1) is 10.6. The summed E-state index contributed by atoms with van der Waals surface area (Å²) in [6.45, 7) is 0. The number of carbonyl (C=O) groups excluding carboxylic acids is 2. The zero-order valence-corrected chi connectivity index (χ0v) is 11.8. The minimum atomic E-state index is -0.849. The number of anilines is 2. The molecule has 2 amide bonds. The molecule has 0 unspecified atom stereocenters. The molecule has 0 aliphatic rings. The highest BCUT2D eigenvalue weighted by Gasteiger charge is 2.15. The van der Waals surface area contributed by atoms with Crippen molar-refractivity contribution in [3.63, 3.8) is 0 Å². The Morgan fingerprint density at radius 2 is 1.64 bits per heavy atom. The van der Waals surface area contributed by atoms with Crippen molar-refractivity contribution in [1.29, 1.82) is 5.26 Å². The van der Waals surface area contributed by atoms with E-state index in [-0.39, 0.29) is 5.56 Å². The lowest BCUT2D eigenvalue weighted by atomic mass is 10.2. The Morgan fingerprint density at radius 3 is 2.27 bits per heavy atom. The molecule has 0 aromatic heterocycles. The molecule has 0 bridgehead atoms. The van der Waals surface area contributed by atoms with E-state index in [1.165, 1.54) is 7.11 Å². The van der Waals surface area contributed by atoms with Crippen molar-refractivity contribution < 1.29 is 14.3 Å². The van der Waals surface area contributed by atoms with E-state index in [2.05, 4.69) is 10.6 Å². The molecule has 0 radical (unpaired) electrons. The first kappa shape index (κ1) is 15.1. The lowest BCUT2D eigenvalue weighted by Gasteiger charge is -2.08. The number of methoxy groups -OCH3 is 1. The summed E-state index contributed by atoms with van der Waals surface area (Å²) in [5, 5.41) is 13.8. The highest BCUT2D eigenvalue weighted by Crippen LogP contribution is 2.16. The standard InChI is InChI=1S/C16H13N3O3/c1-22-13-8-6-12(7-9-13)18-15(20)16(21)19-14-5-3-2-4-11(14)10-17/h2-9H,1H3,(H,18,20)(H,19,21). The van der Waals surface area contributed by atoms with Crippen LogP contribution in [0.1, 0.15) is 5.56 Å². The fourth-order valence-electron chi connectivity index (χ4n) is 1.73. The highest BCUT2D eigenvalue weighted by atomic mass is 16.5. The van der Waals surface area contributed by atoms with Gasteiger partial charge in [-0.2, -0.15) is 5.26 Å². The first-order valence-electron chi connectivity index (χ1n) is 6.39. The third kappa shape index (κ3) is 3.61. The van der Waals surface area contributed by atoms with E-state index in [9.17, 15) is 9.59 Å². The Hall–Kier alpha value is -3.33. The van der Waals surface area contributed by atoms with Gasteiger partial charge in [0.2, 0.25) is 0 Å². The first-order valence-corrected chi connectivity index (χ1v) is 6.39. The summed E-state index contributed by atoms with van der Waals surface area (Å²) in [5.74, 6) is -1.03. The van der Waals surface area contributed by atoms with Crippen molar-refractivity contribution in [3.8, 4) is 11.8 Å². The van der Waals surface area contributed by atoms with E-state index < -0.39 is 11.8 Å². The molecule has 0 saturated heterocycles. The van der Waals surface area contributed by atoms with Crippen molar-refractivity contribution in [2.45, 2.75) is 0 Å². The maximum absolute atomic E-state index is 11.9. The number of benzene rings is 2. The van der Waals surface area contributed by atoms with Gasteiger partial charge in [0.25, 0.3) is 0 Å². The molecule has 2 N–H and O–H groups in total. The fourth-order valence-corrected chi connectivity index (χ4v) is 1.73. The Morgan fingerprint density at radius 1 is 1.00 bits per heavy atom. The predicted octanol–water partition coefficient (Wildman–Crippen LogP) is 2.14. The van der Waals surface area contributed by atoms with Crippen LogP contribution in [0.5, 0.6) is 5.75 Å². The average molecular weight is 295 g/mol. The number of nitriles is 1. The minimum Gasteiger partial charge on any atom is -0.497 e. The van der Waals surface area contributed by atoms with E-state index in [1.807, 2.05) is 6.07 Å². The summed E-state index contributed by atoms with van der Waals surface area (Å²) in [6, 6.07) is 15.0. The fraction of sp³-hybridized carbons (Fsp3) is 0.0625. The Kier molecular flexibility index (Phi) is 4.73.